The summed E-state index contributed by atoms with van der Waals surface area (Å²) in [6.07, 6.45) is 0. The Balaban J connectivity index is 1.61. The molecule has 0 unspecified atom stereocenters. The van der Waals surface area contributed by atoms with Crippen molar-refractivity contribution in [3.05, 3.63) is 64.4 Å². The zero-order valence-corrected chi connectivity index (χ0v) is 14.8. The Labute approximate surface area is 151 Å². The maximum absolute atomic E-state index is 13.9. The molecule has 0 aliphatic carbocycles. The van der Waals surface area contributed by atoms with E-state index >= 15 is 0 Å². The van der Waals surface area contributed by atoms with E-state index in [0.29, 0.717) is 13.1 Å². The quantitative estimate of drug-likeness (QED) is 0.835. The molecule has 0 radical (unpaired) electrons. The lowest BCUT2D eigenvalue weighted by Gasteiger charge is -2.35. The van der Waals surface area contributed by atoms with Crippen LogP contribution in [0, 0.1) is 5.82 Å². The molecule has 2 aromatic rings. The Morgan fingerprint density at radius 1 is 1.16 bits per heavy atom. The number of amides is 1. The van der Waals surface area contributed by atoms with Crippen LogP contribution >= 0.6 is 11.6 Å². The van der Waals surface area contributed by atoms with E-state index in [1.165, 1.54) is 18.2 Å². The highest BCUT2D eigenvalue weighted by molar-refractivity contribution is 6.33. The Kier molecular flexibility index (Phi) is 5.56. The van der Waals surface area contributed by atoms with E-state index in [4.69, 9.17) is 16.3 Å². The van der Waals surface area contributed by atoms with Gasteiger partial charge in [0.15, 0.2) is 0 Å². The lowest BCUT2D eigenvalue weighted by atomic mass is 10.1. The summed E-state index contributed by atoms with van der Waals surface area (Å²) in [5, 5.41) is 0.156. The second-order valence-corrected chi connectivity index (χ2v) is 6.42. The number of rotatable bonds is 4. The third kappa shape index (κ3) is 4.11. The van der Waals surface area contributed by atoms with Crippen LogP contribution in [0.4, 0.5) is 4.39 Å². The number of benzene rings is 2. The summed E-state index contributed by atoms with van der Waals surface area (Å²) in [5.74, 6) is -0.0825. The first-order valence-corrected chi connectivity index (χ1v) is 8.55. The van der Waals surface area contributed by atoms with E-state index in [0.717, 1.165) is 30.9 Å². The van der Waals surface area contributed by atoms with Gasteiger partial charge >= 0.3 is 0 Å². The fourth-order valence-electron chi connectivity index (χ4n) is 3.00. The molecule has 0 N–H and O–H groups in total. The van der Waals surface area contributed by atoms with E-state index in [-0.39, 0.29) is 16.5 Å². The van der Waals surface area contributed by atoms with Gasteiger partial charge in [0.05, 0.1) is 17.7 Å². The van der Waals surface area contributed by atoms with Crippen LogP contribution in [0.2, 0.25) is 5.02 Å². The first-order valence-electron chi connectivity index (χ1n) is 8.17. The average Bonchev–Trinajstić information content (AvgIpc) is 2.62. The summed E-state index contributed by atoms with van der Waals surface area (Å²) in [7, 11) is 1.65. The minimum atomic E-state index is -0.573. The lowest BCUT2D eigenvalue weighted by Crippen LogP contribution is -2.48. The monoisotopic (exact) mass is 362 g/mol. The van der Waals surface area contributed by atoms with Crippen molar-refractivity contribution in [1.29, 1.82) is 0 Å². The molecule has 2 aromatic carbocycles. The number of methoxy groups -OCH3 is 1. The molecule has 0 spiro atoms. The Hall–Kier alpha value is -2.11. The van der Waals surface area contributed by atoms with Crippen LogP contribution in [0.5, 0.6) is 5.75 Å². The van der Waals surface area contributed by atoms with Gasteiger partial charge in [-0.25, -0.2) is 4.39 Å². The summed E-state index contributed by atoms with van der Waals surface area (Å²) < 4.78 is 19.2. The van der Waals surface area contributed by atoms with Crippen molar-refractivity contribution in [2.24, 2.45) is 0 Å². The summed E-state index contributed by atoms with van der Waals surface area (Å²) in [6, 6.07) is 12.2. The van der Waals surface area contributed by atoms with Crippen LogP contribution in [-0.4, -0.2) is 49.0 Å². The van der Waals surface area contributed by atoms with Gasteiger partial charge in [0.1, 0.15) is 11.6 Å². The average molecular weight is 363 g/mol. The second kappa shape index (κ2) is 7.85. The number of halogens is 2. The third-order valence-corrected chi connectivity index (χ3v) is 4.69. The maximum atomic E-state index is 13.9. The predicted octanol–water partition coefficient (Wildman–Crippen LogP) is 3.45. The van der Waals surface area contributed by atoms with Crippen molar-refractivity contribution in [1.82, 2.24) is 9.80 Å². The molecule has 25 heavy (non-hydrogen) atoms. The van der Waals surface area contributed by atoms with E-state index in [2.05, 4.69) is 11.0 Å². The van der Waals surface area contributed by atoms with Crippen molar-refractivity contribution in [3.8, 4) is 5.75 Å². The van der Waals surface area contributed by atoms with Crippen LogP contribution in [0.3, 0.4) is 0 Å². The molecule has 3 rings (SSSR count). The van der Waals surface area contributed by atoms with Crippen molar-refractivity contribution in [2.75, 3.05) is 33.3 Å². The first kappa shape index (κ1) is 17.7. The number of nitrogens with zero attached hydrogens (tertiary/aromatic N) is 2. The fourth-order valence-corrected chi connectivity index (χ4v) is 3.24. The van der Waals surface area contributed by atoms with Gasteiger partial charge in [0.2, 0.25) is 0 Å². The molecule has 1 fully saturated rings. The molecule has 1 amide bonds. The van der Waals surface area contributed by atoms with Crippen LogP contribution in [0.1, 0.15) is 15.9 Å². The highest BCUT2D eigenvalue weighted by Gasteiger charge is 2.25. The van der Waals surface area contributed by atoms with Crippen molar-refractivity contribution < 1.29 is 13.9 Å². The molecular weight excluding hydrogens is 343 g/mol. The zero-order chi connectivity index (χ0) is 17.8. The Bertz CT molecular complexity index is 741. The fraction of sp³-hybridized carbons (Fsp3) is 0.316. The third-order valence-electron chi connectivity index (χ3n) is 4.38. The van der Waals surface area contributed by atoms with Crippen LogP contribution in [-0.2, 0) is 6.54 Å². The van der Waals surface area contributed by atoms with E-state index in [1.54, 1.807) is 12.0 Å². The number of carbonyl (C=O) groups excluding carboxylic acids is 1. The Morgan fingerprint density at radius 2 is 1.88 bits per heavy atom. The summed E-state index contributed by atoms with van der Waals surface area (Å²) in [6.45, 7) is 3.35. The number of ether oxygens (including phenoxy) is 1. The van der Waals surface area contributed by atoms with Gasteiger partial charge < -0.3 is 9.64 Å². The molecule has 0 aromatic heterocycles. The second-order valence-electron chi connectivity index (χ2n) is 6.02. The SMILES string of the molecule is COc1cccc(CN2CCN(C(=O)c3c(F)cccc3Cl)CC2)c1. The van der Waals surface area contributed by atoms with Gasteiger partial charge in [-0.2, -0.15) is 0 Å². The van der Waals surface area contributed by atoms with E-state index in [9.17, 15) is 9.18 Å². The summed E-state index contributed by atoms with van der Waals surface area (Å²) >= 11 is 6.00. The van der Waals surface area contributed by atoms with Crippen molar-refractivity contribution >= 4 is 17.5 Å². The van der Waals surface area contributed by atoms with Gasteiger partial charge in [0.25, 0.3) is 5.91 Å². The summed E-state index contributed by atoms with van der Waals surface area (Å²) in [4.78, 5) is 16.5. The van der Waals surface area contributed by atoms with E-state index < -0.39 is 5.82 Å². The molecule has 6 heteroatoms. The van der Waals surface area contributed by atoms with Crippen LogP contribution in [0.25, 0.3) is 0 Å². The van der Waals surface area contributed by atoms with Gasteiger partial charge in [-0.3, -0.25) is 9.69 Å². The van der Waals surface area contributed by atoms with Gasteiger partial charge in [-0.05, 0) is 29.8 Å². The van der Waals surface area contributed by atoms with Crippen molar-refractivity contribution in [2.45, 2.75) is 6.54 Å². The molecule has 4 nitrogen and oxygen atoms in total. The molecule has 132 valence electrons. The topological polar surface area (TPSA) is 32.8 Å². The molecule has 0 saturated carbocycles. The normalized spacial score (nSPS) is 15.2. The molecular formula is C19H20ClFN2O2. The first-order chi connectivity index (χ1) is 12.1. The van der Waals surface area contributed by atoms with Gasteiger partial charge in [-0.15, -0.1) is 0 Å². The van der Waals surface area contributed by atoms with Crippen LogP contribution in [0.15, 0.2) is 42.5 Å². The zero-order valence-electron chi connectivity index (χ0n) is 14.0. The lowest BCUT2D eigenvalue weighted by molar-refractivity contribution is 0.0624. The molecule has 1 saturated heterocycles. The highest BCUT2D eigenvalue weighted by Crippen LogP contribution is 2.22. The number of piperazine rings is 1. The van der Waals surface area contributed by atoms with Gasteiger partial charge in [-0.1, -0.05) is 29.8 Å². The standard InChI is InChI=1S/C19H20ClFN2O2/c1-25-15-5-2-4-14(12-15)13-22-8-10-23(11-9-22)19(24)18-16(20)6-3-7-17(18)21/h2-7,12H,8-11,13H2,1H3. The van der Waals surface area contributed by atoms with E-state index in [1.807, 2.05) is 18.2 Å². The minimum absolute atomic E-state index is 0.0367. The van der Waals surface area contributed by atoms with Crippen molar-refractivity contribution in [3.63, 3.8) is 0 Å². The largest absolute Gasteiger partial charge is 0.497 e. The number of carbonyl (C=O) groups is 1. The molecule has 1 aliphatic heterocycles. The smallest absolute Gasteiger partial charge is 0.258 e. The van der Waals surface area contributed by atoms with Crippen LogP contribution < -0.4 is 4.74 Å². The number of hydrogen-bond donors (Lipinski definition) is 0. The number of hydrogen-bond acceptors (Lipinski definition) is 3. The molecule has 0 bridgehead atoms. The Morgan fingerprint density at radius 3 is 2.56 bits per heavy atom. The molecule has 1 aliphatic rings. The summed E-state index contributed by atoms with van der Waals surface area (Å²) in [5.41, 5.74) is 1.13. The van der Waals surface area contributed by atoms with Gasteiger partial charge in [0, 0.05) is 32.7 Å². The molecule has 1 heterocycles. The predicted molar refractivity (Wildman–Crippen MR) is 95.6 cm³/mol. The minimum Gasteiger partial charge on any atom is -0.497 e. The molecule has 0 atom stereocenters. The maximum Gasteiger partial charge on any atom is 0.258 e. The highest BCUT2D eigenvalue weighted by atomic mass is 35.5.